The summed E-state index contributed by atoms with van der Waals surface area (Å²) in [4.78, 5) is 26.3. The number of nitrogens with zero attached hydrogens (tertiary/aromatic N) is 1. The van der Waals surface area contributed by atoms with Crippen molar-refractivity contribution in [2.75, 3.05) is 6.54 Å². The van der Waals surface area contributed by atoms with Gasteiger partial charge in [-0.1, -0.05) is 25.7 Å². The predicted molar refractivity (Wildman–Crippen MR) is 79.8 cm³/mol. The Bertz CT molecular complexity index is 399. The zero-order chi connectivity index (χ0) is 14.8. The van der Waals surface area contributed by atoms with E-state index in [1.807, 2.05) is 0 Å². The van der Waals surface area contributed by atoms with Crippen LogP contribution in [0.4, 0.5) is 0 Å². The summed E-state index contributed by atoms with van der Waals surface area (Å²) in [6, 6.07) is 0.412. The first-order valence-electron chi connectivity index (χ1n) is 8.70. The highest BCUT2D eigenvalue weighted by Gasteiger charge is 2.43. The first-order valence-corrected chi connectivity index (χ1v) is 8.70. The van der Waals surface area contributed by atoms with Gasteiger partial charge in [-0.3, -0.25) is 9.59 Å². The van der Waals surface area contributed by atoms with Crippen molar-refractivity contribution < 1.29 is 14.7 Å². The van der Waals surface area contributed by atoms with Gasteiger partial charge in [-0.05, 0) is 44.4 Å². The highest BCUT2D eigenvalue weighted by atomic mass is 16.4. The normalized spacial score (nSPS) is 30.3. The minimum Gasteiger partial charge on any atom is -0.481 e. The summed E-state index contributed by atoms with van der Waals surface area (Å²) < 4.78 is 0. The molecule has 3 rings (SSSR count). The van der Waals surface area contributed by atoms with E-state index in [1.54, 1.807) is 0 Å². The quantitative estimate of drug-likeness (QED) is 0.847. The summed E-state index contributed by atoms with van der Waals surface area (Å²) in [7, 11) is 0. The third kappa shape index (κ3) is 3.41. The van der Waals surface area contributed by atoms with E-state index >= 15 is 0 Å². The van der Waals surface area contributed by atoms with Crippen LogP contribution in [0.15, 0.2) is 0 Å². The molecule has 3 aliphatic rings. The average Bonchev–Trinajstić information content (AvgIpc) is 3.20. The standard InChI is InChI=1S/C17H27NO3/c19-16(14-7-4-8-15(14)17(20)21)18(13-9-10-13)11-12-5-2-1-3-6-12/h12-15H,1-11H2,(H,20,21)/t14-,15+/m1/s1. The number of rotatable bonds is 5. The molecule has 0 bridgehead atoms. The molecule has 0 spiro atoms. The lowest BCUT2D eigenvalue weighted by Gasteiger charge is -2.32. The van der Waals surface area contributed by atoms with Crippen LogP contribution < -0.4 is 0 Å². The minimum absolute atomic E-state index is 0.146. The van der Waals surface area contributed by atoms with Crippen LogP contribution in [0.3, 0.4) is 0 Å². The number of carbonyl (C=O) groups is 2. The molecule has 0 aromatic heterocycles. The molecule has 0 aromatic carbocycles. The summed E-state index contributed by atoms with van der Waals surface area (Å²) in [6.45, 7) is 0.881. The van der Waals surface area contributed by atoms with E-state index < -0.39 is 11.9 Å². The van der Waals surface area contributed by atoms with Crippen molar-refractivity contribution in [3.8, 4) is 0 Å². The van der Waals surface area contributed by atoms with Crippen molar-refractivity contribution in [2.24, 2.45) is 17.8 Å². The highest BCUT2D eigenvalue weighted by Crippen LogP contribution is 2.38. The fraction of sp³-hybridized carbons (Fsp3) is 0.882. The maximum atomic E-state index is 12.9. The van der Waals surface area contributed by atoms with Crippen molar-refractivity contribution in [1.29, 1.82) is 0 Å². The van der Waals surface area contributed by atoms with E-state index in [4.69, 9.17) is 0 Å². The Morgan fingerprint density at radius 3 is 2.14 bits per heavy atom. The van der Waals surface area contributed by atoms with E-state index in [0.29, 0.717) is 18.4 Å². The number of hydrogen-bond acceptors (Lipinski definition) is 2. The van der Waals surface area contributed by atoms with Crippen molar-refractivity contribution >= 4 is 11.9 Å². The van der Waals surface area contributed by atoms with Crippen LogP contribution in [-0.2, 0) is 9.59 Å². The summed E-state index contributed by atoms with van der Waals surface area (Å²) in [5, 5.41) is 9.32. The van der Waals surface area contributed by atoms with Gasteiger partial charge in [0.05, 0.1) is 11.8 Å². The highest BCUT2D eigenvalue weighted by molar-refractivity contribution is 5.85. The molecule has 0 aliphatic heterocycles. The maximum absolute atomic E-state index is 12.9. The fourth-order valence-corrected chi connectivity index (χ4v) is 4.22. The van der Waals surface area contributed by atoms with Crippen LogP contribution in [-0.4, -0.2) is 34.5 Å². The van der Waals surface area contributed by atoms with E-state index in [9.17, 15) is 14.7 Å². The second-order valence-corrected chi connectivity index (χ2v) is 7.21. The predicted octanol–water partition coefficient (Wildman–Crippen LogP) is 3.06. The largest absolute Gasteiger partial charge is 0.481 e. The zero-order valence-electron chi connectivity index (χ0n) is 12.8. The molecule has 0 aromatic rings. The zero-order valence-corrected chi connectivity index (χ0v) is 12.8. The van der Waals surface area contributed by atoms with Gasteiger partial charge in [-0.15, -0.1) is 0 Å². The van der Waals surface area contributed by atoms with E-state index in [-0.39, 0.29) is 11.8 Å². The second-order valence-electron chi connectivity index (χ2n) is 7.21. The molecule has 3 fully saturated rings. The van der Waals surface area contributed by atoms with E-state index in [2.05, 4.69) is 4.90 Å². The molecule has 118 valence electrons. The lowest BCUT2D eigenvalue weighted by Crippen LogP contribution is -2.43. The van der Waals surface area contributed by atoms with Gasteiger partial charge < -0.3 is 10.0 Å². The third-order valence-electron chi connectivity index (χ3n) is 5.60. The summed E-state index contributed by atoms with van der Waals surface area (Å²) in [5.41, 5.74) is 0. The number of aliphatic carboxylic acids is 1. The van der Waals surface area contributed by atoms with Crippen LogP contribution in [0.25, 0.3) is 0 Å². The number of carbonyl (C=O) groups excluding carboxylic acids is 1. The molecule has 2 atom stereocenters. The maximum Gasteiger partial charge on any atom is 0.307 e. The van der Waals surface area contributed by atoms with Gasteiger partial charge in [-0.2, -0.15) is 0 Å². The Labute approximate surface area is 126 Å². The smallest absolute Gasteiger partial charge is 0.307 e. The number of carboxylic acid groups (broad SMARTS) is 1. The van der Waals surface area contributed by atoms with Gasteiger partial charge in [0, 0.05) is 12.6 Å². The molecular weight excluding hydrogens is 266 g/mol. The molecule has 3 aliphatic carbocycles. The summed E-state index contributed by atoms with van der Waals surface area (Å²) in [5.74, 6) is -0.683. The molecule has 1 amide bonds. The molecule has 0 radical (unpaired) electrons. The Kier molecular flexibility index (Phi) is 4.51. The average molecular weight is 293 g/mol. The third-order valence-corrected chi connectivity index (χ3v) is 5.60. The molecule has 0 saturated heterocycles. The summed E-state index contributed by atoms with van der Waals surface area (Å²) in [6.07, 6.45) is 10.9. The van der Waals surface area contributed by atoms with Gasteiger partial charge in [0.15, 0.2) is 0 Å². The van der Waals surface area contributed by atoms with Gasteiger partial charge in [0.1, 0.15) is 0 Å². The molecule has 4 heteroatoms. The molecular formula is C17H27NO3. The number of amides is 1. The lowest BCUT2D eigenvalue weighted by molar-refractivity contribution is -0.149. The Hall–Kier alpha value is -1.06. The molecule has 1 N–H and O–H groups in total. The van der Waals surface area contributed by atoms with Gasteiger partial charge >= 0.3 is 5.97 Å². The molecule has 4 nitrogen and oxygen atoms in total. The minimum atomic E-state index is -0.778. The Morgan fingerprint density at radius 1 is 0.857 bits per heavy atom. The number of hydrogen-bond donors (Lipinski definition) is 1. The Balaban J connectivity index is 1.65. The van der Waals surface area contributed by atoms with Crippen LogP contribution in [0.2, 0.25) is 0 Å². The van der Waals surface area contributed by atoms with Gasteiger partial charge in [0.2, 0.25) is 5.91 Å². The van der Waals surface area contributed by atoms with Crippen molar-refractivity contribution in [1.82, 2.24) is 4.90 Å². The topological polar surface area (TPSA) is 57.6 Å². The summed E-state index contributed by atoms with van der Waals surface area (Å²) >= 11 is 0. The van der Waals surface area contributed by atoms with Crippen molar-refractivity contribution in [2.45, 2.75) is 70.3 Å². The molecule has 0 heterocycles. The first kappa shape index (κ1) is 14.9. The SMILES string of the molecule is O=C(O)[C@H]1CCC[C@H]1C(=O)N(CC1CCCCC1)C1CC1. The van der Waals surface area contributed by atoms with E-state index in [1.165, 1.54) is 32.1 Å². The van der Waals surface area contributed by atoms with Gasteiger partial charge in [0.25, 0.3) is 0 Å². The van der Waals surface area contributed by atoms with Gasteiger partial charge in [-0.25, -0.2) is 0 Å². The van der Waals surface area contributed by atoms with Crippen molar-refractivity contribution in [3.05, 3.63) is 0 Å². The second kappa shape index (κ2) is 6.37. The first-order chi connectivity index (χ1) is 10.2. The lowest BCUT2D eigenvalue weighted by atomic mass is 9.88. The van der Waals surface area contributed by atoms with E-state index in [0.717, 1.165) is 32.2 Å². The molecule has 3 saturated carbocycles. The Morgan fingerprint density at radius 2 is 1.52 bits per heavy atom. The van der Waals surface area contributed by atoms with Crippen LogP contribution in [0.5, 0.6) is 0 Å². The van der Waals surface area contributed by atoms with Crippen LogP contribution in [0, 0.1) is 17.8 Å². The molecule has 21 heavy (non-hydrogen) atoms. The molecule has 0 unspecified atom stereocenters. The number of carboxylic acids is 1. The fourth-order valence-electron chi connectivity index (χ4n) is 4.22. The van der Waals surface area contributed by atoms with Crippen LogP contribution >= 0.6 is 0 Å². The van der Waals surface area contributed by atoms with Crippen LogP contribution in [0.1, 0.15) is 64.2 Å². The van der Waals surface area contributed by atoms with Crippen molar-refractivity contribution in [3.63, 3.8) is 0 Å². The monoisotopic (exact) mass is 293 g/mol.